The van der Waals surface area contributed by atoms with Crippen molar-refractivity contribution in [3.05, 3.63) is 71.4 Å². The van der Waals surface area contributed by atoms with Gasteiger partial charge in [0.25, 0.3) is 0 Å². The van der Waals surface area contributed by atoms with Crippen LogP contribution in [0.3, 0.4) is 0 Å². The van der Waals surface area contributed by atoms with Crippen molar-refractivity contribution in [1.82, 2.24) is 9.47 Å². The van der Waals surface area contributed by atoms with E-state index in [0.717, 1.165) is 11.3 Å². The molecule has 0 saturated heterocycles. The van der Waals surface area contributed by atoms with E-state index < -0.39 is 0 Å². The molecule has 0 atom stereocenters. The first-order chi connectivity index (χ1) is 12.0. The van der Waals surface area contributed by atoms with Crippen LogP contribution in [0.25, 0.3) is 10.9 Å². The maximum absolute atomic E-state index is 13.1. The number of aromatic nitrogens is 1. The van der Waals surface area contributed by atoms with Crippen LogP contribution in [0, 0.1) is 6.92 Å². The van der Waals surface area contributed by atoms with Gasteiger partial charge in [0.15, 0.2) is 0 Å². The van der Waals surface area contributed by atoms with Crippen LogP contribution in [0.2, 0.25) is 0 Å². The van der Waals surface area contributed by atoms with Crippen LogP contribution in [0.1, 0.15) is 30.7 Å². The zero-order valence-corrected chi connectivity index (χ0v) is 15.5. The van der Waals surface area contributed by atoms with Gasteiger partial charge in [-0.15, -0.1) is 0 Å². The maximum Gasteiger partial charge on any atom is 0.227 e. The zero-order chi connectivity index (χ0) is 18.0. The molecule has 130 valence electrons. The van der Waals surface area contributed by atoms with Gasteiger partial charge in [0, 0.05) is 36.2 Å². The molecule has 2 aromatic carbocycles. The highest BCUT2D eigenvalue weighted by atomic mass is 16.2. The van der Waals surface area contributed by atoms with Crippen LogP contribution < -0.4 is 0 Å². The third-order valence-electron chi connectivity index (χ3n) is 5.00. The second kappa shape index (κ2) is 7.14. The minimum absolute atomic E-state index is 0.169. The lowest BCUT2D eigenvalue weighted by Gasteiger charge is -2.27. The van der Waals surface area contributed by atoms with Crippen LogP contribution >= 0.6 is 0 Å². The number of benzene rings is 2. The number of rotatable bonds is 5. The molecule has 0 N–H and O–H groups in total. The summed E-state index contributed by atoms with van der Waals surface area (Å²) < 4.78 is 2.18. The van der Waals surface area contributed by atoms with E-state index in [0.29, 0.717) is 13.0 Å². The topological polar surface area (TPSA) is 25.2 Å². The van der Waals surface area contributed by atoms with E-state index in [1.165, 1.54) is 16.5 Å². The SMILES string of the molecule is Cc1c(CC(=O)N(Cc2ccccc2)C(C)C)c2ccccc2n1C. The summed E-state index contributed by atoms with van der Waals surface area (Å²) in [5.41, 5.74) is 4.65. The lowest BCUT2D eigenvalue weighted by Crippen LogP contribution is -2.37. The summed E-state index contributed by atoms with van der Waals surface area (Å²) in [6.07, 6.45) is 0.443. The normalized spacial score (nSPS) is 11.2. The Morgan fingerprint density at radius 2 is 1.68 bits per heavy atom. The van der Waals surface area contributed by atoms with Crippen LogP contribution in [0.15, 0.2) is 54.6 Å². The molecule has 1 heterocycles. The Morgan fingerprint density at radius 3 is 2.36 bits per heavy atom. The number of fused-ring (bicyclic) bond motifs is 1. The lowest BCUT2D eigenvalue weighted by atomic mass is 10.1. The minimum Gasteiger partial charge on any atom is -0.348 e. The fourth-order valence-corrected chi connectivity index (χ4v) is 3.41. The van der Waals surface area contributed by atoms with Gasteiger partial charge in [-0.2, -0.15) is 0 Å². The highest BCUT2D eigenvalue weighted by Crippen LogP contribution is 2.26. The summed E-state index contributed by atoms with van der Waals surface area (Å²) in [7, 11) is 2.07. The van der Waals surface area contributed by atoms with Crippen molar-refractivity contribution in [2.45, 2.75) is 39.8 Å². The molecule has 0 unspecified atom stereocenters. The molecule has 0 aliphatic heterocycles. The highest BCUT2D eigenvalue weighted by molar-refractivity contribution is 5.90. The molecule has 0 fully saturated rings. The van der Waals surface area contributed by atoms with Gasteiger partial charge in [-0.05, 0) is 38.0 Å². The monoisotopic (exact) mass is 334 g/mol. The standard InChI is InChI=1S/C22H26N2O/c1-16(2)24(15-18-10-6-5-7-11-18)22(25)14-20-17(3)23(4)21-13-9-8-12-19(20)21/h5-13,16H,14-15H2,1-4H3. The first-order valence-electron chi connectivity index (χ1n) is 8.85. The number of nitrogens with zero attached hydrogens (tertiary/aromatic N) is 2. The average Bonchev–Trinajstić information content (AvgIpc) is 2.85. The molecular weight excluding hydrogens is 308 g/mol. The van der Waals surface area contributed by atoms with E-state index >= 15 is 0 Å². The van der Waals surface area contributed by atoms with Crippen LogP contribution in [0.5, 0.6) is 0 Å². The van der Waals surface area contributed by atoms with Gasteiger partial charge in [0.1, 0.15) is 0 Å². The number of para-hydroxylation sites is 1. The van der Waals surface area contributed by atoms with Crippen molar-refractivity contribution in [3.8, 4) is 0 Å². The number of aryl methyl sites for hydroxylation is 1. The molecule has 0 aliphatic carbocycles. The van der Waals surface area contributed by atoms with Crippen LogP contribution in [-0.2, 0) is 24.8 Å². The van der Waals surface area contributed by atoms with Crippen LogP contribution in [-0.4, -0.2) is 21.4 Å². The summed E-state index contributed by atoms with van der Waals surface area (Å²) in [6.45, 7) is 6.91. The molecule has 0 radical (unpaired) electrons. The van der Waals surface area contributed by atoms with E-state index in [2.05, 4.69) is 56.7 Å². The van der Waals surface area contributed by atoms with Crippen molar-refractivity contribution in [2.75, 3.05) is 0 Å². The number of amides is 1. The van der Waals surface area contributed by atoms with Crippen molar-refractivity contribution < 1.29 is 4.79 Å². The summed E-state index contributed by atoms with van der Waals surface area (Å²) in [4.78, 5) is 15.0. The third-order valence-corrected chi connectivity index (χ3v) is 5.00. The van der Waals surface area contributed by atoms with E-state index in [4.69, 9.17) is 0 Å². The van der Waals surface area contributed by atoms with E-state index in [1.54, 1.807) is 0 Å². The quantitative estimate of drug-likeness (QED) is 0.676. The van der Waals surface area contributed by atoms with Gasteiger partial charge in [-0.1, -0.05) is 48.5 Å². The van der Waals surface area contributed by atoms with Gasteiger partial charge >= 0.3 is 0 Å². The van der Waals surface area contributed by atoms with E-state index in [9.17, 15) is 4.79 Å². The number of hydrogen-bond acceptors (Lipinski definition) is 1. The van der Waals surface area contributed by atoms with Crippen molar-refractivity contribution in [2.24, 2.45) is 7.05 Å². The molecule has 0 saturated carbocycles. The van der Waals surface area contributed by atoms with Crippen molar-refractivity contribution >= 4 is 16.8 Å². The fraction of sp³-hybridized carbons (Fsp3) is 0.318. The lowest BCUT2D eigenvalue weighted by molar-refractivity contribution is -0.132. The maximum atomic E-state index is 13.1. The molecule has 0 aliphatic rings. The van der Waals surface area contributed by atoms with Crippen LogP contribution in [0.4, 0.5) is 0 Å². The van der Waals surface area contributed by atoms with Gasteiger partial charge in [0.2, 0.25) is 5.91 Å². The Kier molecular flexibility index (Phi) is 4.93. The van der Waals surface area contributed by atoms with E-state index in [1.807, 2.05) is 35.2 Å². The molecule has 3 aromatic rings. The van der Waals surface area contributed by atoms with Crippen molar-refractivity contribution in [3.63, 3.8) is 0 Å². The Balaban J connectivity index is 1.88. The third kappa shape index (κ3) is 3.46. The Labute approximate surface area is 149 Å². The highest BCUT2D eigenvalue weighted by Gasteiger charge is 2.21. The molecule has 0 spiro atoms. The van der Waals surface area contributed by atoms with Gasteiger partial charge in [-0.25, -0.2) is 0 Å². The van der Waals surface area contributed by atoms with E-state index in [-0.39, 0.29) is 11.9 Å². The predicted octanol–water partition coefficient (Wildman–Crippen LogP) is 4.47. The summed E-state index contributed by atoms with van der Waals surface area (Å²) in [6, 6.07) is 18.7. The number of carbonyl (C=O) groups is 1. The summed E-state index contributed by atoms with van der Waals surface area (Å²) in [5.74, 6) is 0.179. The van der Waals surface area contributed by atoms with Crippen molar-refractivity contribution in [1.29, 1.82) is 0 Å². The second-order valence-corrected chi connectivity index (χ2v) is 6.92. The molecule has 3 heteroatoms. The zero-order valence-electron chi connectivity index (χ0n) is 15.5. The predicted molar refractivity (Wildman–Crippen MR) is 103 cm³/mol. The Bertz CT molecular complexity index is 878. The van der Waals surface area contributed by atoms with Gasteiger partial charge in [0.05, 0.1) is 6.42 Å². The number of carbonyl (C=O) groups excluding carboxylic acids is 1. The molecule has 1 amide bonds. The first-order valence-corrected chi connectivity index (χ1v) is 8.85. The largest absolute Gasteiger partial charge is 0.348 e. The molecular formula is C22H26N2O. The first kappa shape index (κ1) is 17.3. The molecule has 25 heavy (non-hydrogen) atoms. The molecule has 3 nitrogen and oxygen atoms in total. The van der Waals surface area contributed by atoms with Gasteiger partial charge in [-0.3, -0.25) is 4.79 Å². The second-order valence-electron chi connectivity index (χ2n) is 6.92. The Morgan fingerprint density at radius 1 is 1.04 bits per heavy atom. The molecule has 1 aromatic heterocycles. The molecule has 0 bridgehead atoms. The molecule has 3 rings (SSSR count). The fourth-order valence-electron chi connectivity index (χ4n) is 3.41. The van der Waals surface area contributed by atoms with Gasteiger partial charge < -0.3 is 9.47 Å². The number of hydrogen-bond donors (Lipinski definition) is 0. The smallest absolute Gasteiger partial charge is 0.227 e. The minimum atomic E-state index is 0.169. The summed E-state index contributed by atoms with van der Waals surface area (Å²) >= 11 is 0. The summed E-state index contributed by atoms with van der Waals surface area (Å²) in [5, 5.41) is 1.18. The Hall–Kier alpha value is -2.55. The average molecular weight is 334 g/mol.